The largest absolute Gasteiger partial charge is 0.312 e. The summed E-state index contributed by atoms with van der Waals surface area (Å²) in [4.78, 5) is 10.5. The molecule has 0 aliphatic rings. The Balaban J connectivity index is 3.28. The van der Waals surface area contributed by atoms with E-state index in [2.05, 4.69) is 26.1 Å². The van der Waals surface area contributed by atoms with Crippen molar-refractivity contribution in [3.63, 3.8) is 0 Å². The lowest BCUT2D eigenvalue weighted by atomic mass is 10.1. The van der Waals surface area contributed by atoms with Gasteiger partial charge in [-0.3, -0.25) is 10.0 Å². The van der Waals surface area contributed by atoms with Crippen LogP contribution in [0.5, 0.6) is 0 Å². The highest BCUT2D eigenvalue weighted by Gasteiger charge is 2.07. The van der Waals surface area contributed by atoms with Crippen molar-refractivity contribution in [1.82, 2.24) is 10.8 Å². The SMILES string of the molecule is CC(C)(C)NCCCC(=O)NO. The van der Waals surface area contributed by atoms with Crippen molar-refractivity contribution in [2.24, 2.45) is 0 Å². The van der Waals surface area contributed by atoms with Crippen molar-refractivity contribution < 1.29 is 10.0 Å². The molecule has 0 bridgehead atoms. The predicted molar refractivity (Wildman–Crippen MR) is 46.9 cm³/mol. The summed E-state index contributed by atoms with van der Waals surface area (Å²) >= 11 is 0. The monoisotopic (exact) mass is 174 g/mol. The molecule has 0 spiro atoms. The second kappa shape index (κ2) is 5.11. The van der Waals surface area contributed by atoms with E-state index in [1.54, 1.807) is 5.48 Å². The molecule has 0 saturated heterocycles. The smallest absolute Gasteiger partial charge is 0.243 e. The summed E-state index contributed by atoms with van der Waals surface area (Å²) in [6, 6.07) is 0. The summed E-state index contributed by atoms with van der Waals surface area (Å²) in [6.07, 6.45) is 1.10. The molecule has 0 heterocycles. The highest BCUT2D eigenvalue weighted by Crippen LogP contribution is 1.98. The van der Waals surface area contributed by atoms with E-state index >= 15 is 0 Å². The van der Waals surface area contributed by atoms with Crippen LogP contribution in [0, 0.1) is 0 Å². The van der Waals surface area contributed by atoms with Crippen LogP contribution in [0.3, 0.4) is 0 Å². The Kier molecular flexibility index (Phi) is 4.85. The van der Waals surface area contributed by atoms with E-state index in [4.69, 9.17) is 5.21 Å². The second-order valence-corrected chi connectivity index (χ2v) is 3.82. The van der Waals surface area contributed by atoms with Gasteiger partial charge >= 0.3 is 0 Å². The Morgan fingerprint density at radius 2 is 2.00 bits per heavy atom. The highest BCUT2D eigenvalue weighted by atomic mass is 16.5. The Morgan fingerprint density at radius 3 is 2.42 bits per heavy atom. The maximum absolute atomic E-state index is 10.5. The lowest BCUT2D eigenvalue weighted by molar-refractivity contribution is -0.129. The fourth-order valence-electron chi connectivity index (χ4n) is 0.768. The molecule has 12 heavy (non-hydrogen) atoms. The van der Waals surface area contributed by atoms with E-state index in [1.807, 2.05) is 0 Å². The van der Waals surface area contributed by atoms with Crippen LogP contribution in [0.4, 0.5) is 0 Å². The number of carbonyl (C=O) groups is 1. The molecule has 0 aromatic rings. The van der Waals surface area contributed by atoms with Crippen molar-refractivity contribution in [2.45, 2.75) is 39.2 Å². The summed E-state index contributed by atoms with van der Waals surface area (Å²) in [5.41, 5.74) is 1.69. The van der Waals surface area contributed by atoms with E-state index in [0.717, 1.165) is 13.0 Å². The third-order valence-corrected chi connectivity index (χ3v) is 1.36. The van der Waals surface area contributed by atoms with Gasteiger partial charge in [-0.15, -0.1) is 0 Å². The van der Waals surface area contributed by atoms with Crippen LogP contribution < -0.4 is 10.8 Å². The molecular formula is C8H18N2O2. The van der Waals surface area contributed by atoms with Gasteiger partial charge in [0.05, 0.1) is 0 Å². The van der Waals surface area contributed by atoms with Crippen molar-refractivity contribution in [3.05, 3.63) is 0 Å². The van der Waals surface area contributed by atoms with Gasteiger partial charge in [-0.1, -0.05) is 0 Å². The van der Waals surface area contributed by atoms with Gasteiger partial charge in [-0.2, -0.15) is 0 Å². The quantitative estimate of drug-likeness (QED) is 0.333. The summed E-state index contributed by atoms with van der Waals surface area (Å²) < 4.78 is 0. The standard InChI is InChI=1S/C8H18N2O2/c1-8(2,3)9-6-4-5-7(11)10-12/h9,12H,4-6H2,1-3H3,(H,10,11). The molecule has 0 unspecified atom stereocenters. The third-order valence-electron chi connectivity index (χ3n) is 1.36. The number of carbonyl (C=O) groups excluding carboxylic acids is 1. The number of nitrogens with one attached hydrogen (secondary N) is 2. The van der Waals surface area contributed by atoms with E-state index < -0.39 is 0 Å². The van der Waals surface area contributed by atoms with Gasteiger partial charge in [0.2, 0.25) is 5.91 Å². The fraction of sp³-hybridized carbons (Fsp3) is 0.875. The fourth-order valence-corrected chi connectivity index (χ4v) is 0.768. The maximum Gasteiger partial charge on any atom is 0.243 e. The lowest BCUT2D eigenvalue weighted by Gasteiger charge is -2.20. The van der Waals surface area contributed by atoms with Crippen LogP contribution in [0.2, 0.25) is 0 Å². The first-order valence-corrected chi connectivity index (χ1v) is 4.13. The first kappa shape index (κ1) is 11.4. The Hall–Kier alpha value is -0.610. The summed E-state index contributed by atoms with van der Waals surface area (Å²) in [5.74, 6) is -0.328. The van der Waals surface area contributed by atoms with Crippen molar-refractivity contribution >= 4 is 5.91 Å². The number of rotatable bonds is 4. The van der Waals surface area contributed by atoms with Crippen molar-refractivity contribution in [3.8, 4) is 0 Å². The third kappa shape index (κ3) is 7.50. The van der Waals surface area contributed by atoms with E-state index in [1.165, 1.54) is 0 Å². The average Bonchev–Trinajstić information content (AvgIpc) is 1.96. The molecule has 3 N–H and O–H groups in total. The first-order valence-electron chi connectivity index (χ1n) is 4.13. The maximum atomic E-state index is 10.5. The van der Waals surface area contributed by atoms with Crippen LogP contribution >= 0.6 is 0 Å². The molecule has 0 aliphatic heterocycles. The molecule has 0 aromatic heterocycles. The zero-order valence-electron chi connectivity index (χ0n) is 7.98. The van der Waals surface area contributed by atoms with Gasteiger partial charge < -0.3 is 5.32 Å². The zero-order valence-corrected chi connectivity index (χ0v) is 7.98. The minimum Gasteiger partial charge on any atom is -0.312 e. The normalized spacial score (nSPS) is 11.3. The molecular weight excluding hydrogens is 156 g/mol. The van der Waals surface area contributed by atoms with Crippen molar-refractivity contribution in [2.75, 3.05) is 6.54 Å². The van der Waals surface area contributed by atoms with Crippen LogP contribution in [0.1, 0.15) is 33.6 Å². The van der Waals surface area contributed by atoms with E-state index in [-0.39, 0.29) is 11.4 Å². The first-order chi connectivity index (χ1) is 5.45. The molecule has 72 valence electrons. The summed E-state index contributed by atoms with van der Waals surface area (Å²) in [6.45, 7) is 6.99. The molecule has 0 fully saturated rings. The topological polar surface area (TPSA) is 61.4 Å². The molecule has 0 saturated carbocycles. The molecule has 0 aromatic carbocycles. The van der Waals surface area contributed by atoms with Crippen LogP contribution in [0.15, 0.2) is 0 Å². The zero-order chi connectivity index (χ0) is 9.61. The molecule has 4 nitrogen and oxygen atoms in total. The number of hydrogen-bond acceptors (Lipinski definition) is 3. The van der Waals surface area contributed by atoms with E-state index in [0.29, 0.717) is 6.42 Å². The number of amides is 1. The molecule has 0 aliphatic carbocycles. The van der Waals surface area contributed by atoms with Gasteiger partial charge in [0.1, 0.15) is 0 Å². The van der Waals surface area contributed by atoms with Gasteiger partial charge in [0, 0.05) is 12.0 Å². The van der Waals surface area contributed by atoms with Crippen LogP contribution in [-0.2, 0) is 4.79 Å². The molecule has 4 heteroatoms. The minimum atomic E-state index is -0.328. The molecule has 0 rings (SSSR count). The Labute approximate surface area is 73.3 Å². The van der Waals surface area contributed by atoms with Gasteiger partial charge in [0.25, 0.3) is 0 Å². The highest BCUT2D eigenvalue weighted by molar-refractivity contribution is 5.74. The second-order valence-electron chi connectivity index (χ2n) is 3.82. The van der Waals surface area contributed by atoms with Gasteiger partial charge in [-0.05, 0) is 33.7 Å². The Bertz CT molecular complexity index is 140. The Morgan fingerprint density at radius 1 is 1.42 bits per heavy atom. The van der Waals surface area contributed by atoms with Gasteiger partial charge in [-0.25, -0.2) is 5.48 Å². The lowest BCUT2D eigenvalue weighted by Crippen LogP contribution is -2.36. The van der Waals surface area contributed by atoms with Crippen molar-refractivity contribution in [1.29, 1.82) is 0 Å². The summed E-state index contributed by atoms with van der Waals surface area (Å²) in [7, 11) is 0. The molecule has 1 amide bonds. The summed E-state index contributed by atoms with van der Waals surface area (Å²) in [5, 5.41) is 11.4. The number of hydroxylamine groups is 1. The van der Waals surface area contributed by atoms with Gasteiger partial charge in [0.15, 0.2) is 0 Å². The van der Waals surface area contributed by atoms with Crippen LogP contribution in [-0.4, -0.2) is 23.2 Å². The van der Waals surface area contributed by atoms with E-state index in [9.17, 15) is 4.79 Å². The predicted octanol–water partition coefficient (Wildman–Crippen LogP) is 0.660. The number of hydrogen-bond donors (Lipinski definition) is 3. The average molecular weight is 174 g/mol. The van der Waals surface area contributed by atoms with Crippen LogP contribution in [0.25, 0.3) is 0 Å². The molecule has 0 radical (unpaired) electrons. The minimum absolute atomic E-state index is 0.0929. The molecule has 0 atom stereocenters.